The van der Waals surface area contributed by atoms with E-state index in [1.807, 2.05) is 0 Å². The minimum absolute atomic E-state index is 0.0677. The Morgan fingerprint density at radius 3 is 2.59 bits per heavy atom. The highest BCUT2D eigenvalue weighted by Crippen LogP contribution is 2.27. The van der Waals surface area contributed by atoms with Crippen LogP contribution in [-0.4, -0.2) is 19.0 Å². The van der Waals surface area contributed by atoms with Gasteiger partial charge in [-0.15, -0.1) is 0 Å². The summed E-state index contributed by atoms with van der Waals surface area (Å²) < 4.78 is 2.37. The van der Waals surface area contributed by atoms with Crippen molar-refractivity contribution in [3.63, 3.8) is 0 Å². The van der Waals surface area contributed by atoms with Crippen LogP contribution in [0.4, 0.5) is 5.69 Å². The van der Waals surface area contributed by atoms with Crippen molar-refractivity contribution >= 4 is 16.6 Å². The van der Waals surface area contributed by atoms with E-state index in [0.29, 0.717) is 22.2 Å². The Kier molecular flexibility index (Phi) is 2.94. The van der Waals surface area contributed by atoms with Crippen molar-refractivity contribution in [2.45, 2.75) is 0 Å². The van der Waals surface area contributed by atoms with Crippen LogP contribution in [-0.2, 0) is 14.1 Å². The minimum Gasteiger partial charge on any atom is -0.359 e. The van der Waals surface area contributed by atoms with Gasteiger partial charge < -0.3 is 4.98 Å². The van der Waals surface area contributed by atoms with Crippen LogP contribution in [0.2, 0.25) is 0 Å². The molecule has 0 bridgehead atoms. The zero-order valence-corrected chi connectivity index (χ0v) is 11.9. The average molecular weight is 300 g/mol. The molecule has 8 heteroatoms. The topological polar surface area (TPSA) is 103 Å². The quantitative estimate of drug-likeness (QED) is 0.566. The van der Waals surface area contributed by atoms with E-state index in [4.69, 9.17) is 0 Å². The van der Waals surface area contributed by atoms with Crippen molar-refractivity contribution in [3.05, 3.63) is 61.4 Å². The lowest BCUT2D eigenvalue weighted by molar-refractivity contribution is -0.384. The molecule has 8 nitrogen and oxygen atoms in total. The van der Waals surface area contributed by atoms with Gasteiger partial charge >= 0.3 is 5.69 Å². The Labute approximate surface area is 123 Å². The molecule has 2 aromatic heterocycles. The molecule has 2 heterocycles. The van der Waals surface area contributed by atoms with Crippen LogP contribution < -0.4 is 11.2 Å². The standard InChI is InChI=1S/C14H12N4O4/c1-16-10-7-15-12(11(10)13(19)17(2)14(16)20)8-4-3-5-9(6-8)18(21)22/h3-7,15H,1-2H3. The summed E-state index contributed by atoms with van der Waals surface area (Å²) in [4.78, 5) is 37.6. The number of nitrogens with one attached hydrogen (secondary N) is 1. The lowest BCUT2D eigenvalue weighted by Crippen LogP contribution is -2.36. The van der Waals surface area contributed by atoms with Gasteiger partial charge in [-0.25, -0.2) is 4.79 Å². The van der Waals surface area contributed by atoms with Gasteiger partial charge in [-0.3, -0.25) is 24.0 Å². The van der Waals surface area contributed by atoms with Crippen molar-refractivity contribution in [2.24, 2.45) is 14.1 Å². The summed E-state index contributed by atoms with van der Waals surface area (Å²) in [5.74, 6) is 0. The number of H-pyrrole nitrogens is 1. The Morgan fingerprint density at radius 2 is 1.91 bits per heavy atom. The van der Waals surface area contributed by atoms with Crippen LogP contribution in [0.5, 0.6) is 0 Å². The molecule has 0 atom stereocenters. The number of aromatic nitrogens is 3. The molecule has 0 spiro atoms. The summed E-state index contributed by atoms with van der Waals surface area (Å²) in [6.07, 6.45) is 1.55. The average Bonchev–Trinajstić information content (AvgIpc) is 2.96. The monoisotopic (exact) mass is 300 g/mol. The van der Waals surface area contributed by atoms with Crippen molar-refractivity contribution in [1.82, 2.24) is 14.1 Å². The number of benzene rings is 1. The summed E-state index contributed by atoms with van der Waals surface area (Å²) in [6.45, 7) is 0. The SMILES string of the molecule is Cn1c(=O)c2c(-c3cccc([N+](=O)[O-])c3)[nH]cc2n(C)c1=O. The van der Waals surface area contributed by atoms with Gasteiger partial charge in [-0.2, -0.15) is 0 Å². The number of nitrogens with zero attached hydrogens (tertiary/aromatic N) is 3. The number of aryl methyl sites for hydroxylation is 1. The second kappa shape index (κ2) is 4.69. The predicted octanol–water partition coefficient (Wildman–Crippen LogP) is 1.14. The van der Waals surface area contributed by atoms with Gasteiger partial charge in [0.05, 0.1) is 21.5 Å². The van der Waals surface area contributed by atoms with E-state index in [9.17, 15) is 19.7 Å². The number of hydrogen-bond acceptors (Lipinski definition) is 4. The van der Waals surface area contributed by atoms with E-state index in [0.717, 1.165) is 4.57 Å². The number of non-ortho nitro benzene ring substituents is 1. The van der Waals surface area contributed by atoms with Gasteiger partial charge in [0.2, 0.25) is 0 Å². The highest BCUT2D eigenvalue weighted by Gasteiger charge is 2.17. The third kappa shape index (κ3) is 1.85. The summed E-state index contributed by atoms with van der Waals surface area (Å²) in [6, 6.07) is 5.98. The van der Waals surface area contributed by atoms with Crippen LogP contribution >= 0.6 is 0 Å². The normalized spacial score (nSPS) is 11.0. The maximum atomic E-state index is 12.4. The van der Waals surface area contributed by atoms with Gasteiger partial charge in [0.25, 0.3) is 11.2 Å². The second-order valence-electron chi connectivity index (χ2n) is 4.94. The van der Waals surface area contributed by atoms with Crippen molar-refractivity contribution in [1.29, 1.82) is 0 Å². The van der Waals surface area contributed by atoms with Gasteiger partial charge in [-0.05, 0) is 0 Å². The number of fused-ring (bicyclic) bond motifs is 1. The number of aromatic amines is 1. The summed E-state index contributed by atoms with van der Waals surface area (Å²) >= 11 is 0. The fraction of sp³-hybridized carbons (Fsp3) is 0.143. The Bertz CT molecular complexity index is 1030. The third-order valence-corrected chi connectivity index (χ3v) is 3.66. The van der Waals surface area contributed by atoms with E-state index < -0.39 is 16.2 Å². The first-order chi connectivity index (χ1) is 10.4. The fourth-order valence-corrected chi connectivity index (χ4v) is 2.48. The van der Waals surface area contributed by atoms with Crippen LogP contribution in [0.25, 0.3) is 22.2 Å². The van der Waals surface area contributed by atoms with Crippen molar-refractivity contribution in [3.8, 4) is 11.3 Å². The van der Waals surface area contributed by atoms with Crippen molar-refractivity contribution in [2.75, 3.05) is 0 Å². The summed E-state index contributed by atoms with van der Waals surface area (Å²) in [7, 11) is 2.96. The van der Waals surface area contributed by atoms with Crippen molar-refractivity contribution < 1.29 is 4.92 Å². The summed E-state index contributed by atoms with van der Waals surface area (Å²) in [5.41, 5.74) is 0.481. The second-order valence-corrected chi connectivity index (χ2v) is 4.94. The molecule has 0 aliphatic carbocycles. The molecule has 0 saturated heterocycles. The molecular formula is C14H12N4O4. The molecule has 0 fully saturated rings. The van der Waals surface area contributed by atoms with Crippen LogP contribution in [0.15, 0.2) is 40.1 Å². The minimum atomic E-state index is -0.498. The zero-order valence-electron chi connectivity index (χ0n) is 11.9. The predicted molar refractivity (Wildman–Crippen MR) is 80.9 cm³/mol. The number of hydrogen-bond donors (Lipinski definition) is 1. The van der Waals surface area contributed by atoms with E-state index >= 15 is 0 Å². The first-order valence-electron chi connectivity index (χ1n) is 6.43. The molecule has 0 amide bonds. The molecule has 0 saturated carbocycles. The van der Waals surface area contributed by atoms with E-state index in [-0.39, 0.29) is 5.69 Å². The molecule has 0 aliphatic rings. The Morgan fingerprint density at radius 1 is 1.18 bits per heavy atom. The molecule has 22 heavy (non-hydrogen) atoms. The molecule has 0 unspecified atom stereocenters. The highest BCUT2D eigenvalue weighted by molar-refractivity contribution is 5.93. The van der Waals surface area contributed by atoms with E-state index in [2.05, 4.69) is 4.98 Å². The first kappa shape index (κ1) is 13.8. The highest BCUT2D eigenvalue weighted by atomic mass is 16.6. The number of nitro groups is 1. The smallest absolute Gasteiger partial charge is 0.330 e. The van der Waals surface area contributed by atoms with Gasteiger partial charge in [-0.1, -0.05) is 12.1 Å². The fourth-order valence-electron chi connectivity index (χ4n) is 2.48. The zero-order chi connectivity index (χ0) is 16.0. The van der Waals surface area contributed by atoms with Gasteiger partial charge in [0.15, 0.2) is 0 Å². The lowest BCUT2D eigenvalue weighted by Gasteiger charge is -2.05. The number of rotatable bonds is 2. The van der Waals surface area contributed by atoms with E-state index in [1.165, 1.54) is 23.7 Å². The molecule has 0 aliphatic heterocycles. The molecular weight excluding hydrogens is 288 g/mol. The summed E-state index contributed by atoms with van der Waals surface area (Å²) in [5, 5.41) is 11.2. The Hall–Kier alpha value is -3.16. The molecule has 1 N–H and O–H groups in total. The van der Waals surface area contributed by atoms with Crippen LogP contribution in [0.1, 0.15) is 0 Å². The molecule has 1 aromatic carbocycles. The molecule has 3 aromatic rings. The van der Waals surface area contributed by atoms with Crippen LogP contribution in [0.3, 0.4) is 0 Å². The lowest BCUT2D eigenvalue weighted by atomic mass is 10.1. The largest absolute Gasteiger partial charge is 0.359 e. The van der Waals surface area contributed by atoms with Crippen LogP contribution in [0, 0.1) is 10.1 Å². The van der Waals surface area contributed by atoms with E-state index in [1.54, 1.807) is 25.4 Å². The first-order valence-corrected chi connectivity index (χ1v) is 6.43. The molecule has 3 rings (SSSR count). The van der Waals surface area contributed by atoms with Gasteiger partial charge in [0, 0.05) is 38.0 Å². The number of nitro benzene ring substituents is 1. The maximum Gasteiger partial charge on any atom is 0.330 e. The third-order valence-electron chi connectivity index (χ3n) is 3.66. The maximum absolute atomic E-state index is 12.4. The van der Waals surface area contributed by atoms with Gasteiger partial charge in [0.1, 0.15) is 0 Å². The Balaban J connectivity index is 2.39. The molecule has 112 valence electrons. The molecule has 0 radical (unpaired) electrons.